The van der Waals surface area contributed by atoms with Gasteiger partial charge in [-0.05, 0) is 90.9 Å². The molecule has 7 atom stereocenters. The lowest BCUT2D eigenvalue weighted by molar-refractivity contribution is -0.134. The van der Waals surface area contributed by atoms with Crippen LogP contribution in [-0.4, -0.2) is 40.4 Å². The number of Topliss-reactive ketones (excluding diaryl/α,β-unsaturated/α-hetero) is 1. The van der Waals surface area contributed by atoms with Gasteiger partial charge in [0.25, 0.3) is 0 Å². The molecule has 3 N–H and O–H groups in total. The molecule has 4 nitrogen and oxygen atoms in total. The van der Waals surface area contributed by atoms with Crippen LogP contribution in [0, 0.1) is 39.4 Å². The minimum absolute atomic E-state index is 0.0236. The van der Waals surface area contributed by atoms with Crippen molar-refractivity contribution in [3.05, 3.63) is 22.8 Å². The number of fused-ring (bicyclic) bond motifs is 4. The average Bonchev–Trinajstić information content (AvgIpc) is 3.07. The summed E-state index contributed by atoms with van der Waals surface area (Å²) in [6.45, 7) is 13.8. The molecule has 192 valence electrons. The molecule has 0 aromatic carbocycles. The quantitative estimate of drug-likeness (QED) is 0.440. The maximum absolute atomic E-state index is 13.9. The Balaban J connectivity index is 1.65. The Labute approximate surface area is 206 Å². The van der Waals surface area contributed by atoms with Gasteiger partial charge < -0.3 is 15.3 Å². The van der Waals surface area contributed by atoms with Gasteiger partial charge >= 0.3 is 0 Å². The molecule has 0 aliphatic heterocycles. The number of hydrogen-bond donors (Lipinski definition) is 3. The maximum atomic E-state index is 13.9. The fourth-order valence-electron chi connectivity index (χ4n) is 9.24. The Hall–Kier alpha value is -0.970. The zero-order chi connectivity index (χ0) is 25.1. The summed E-state index contributed by atoms with van der Waals surface area (Å²) in [5.74, 6) is 1.70. The molecule has 4 heteroatoms. The smallest absolute Gasteiger partial charge is 0.159 e. The largest absolute Gasteiger partial charge is 0.393 e. The number of carbonyl (C=O) groups is 1. The first-order valence-corrected chi connectivity index (χ1v) is 13.7. The molecule has 0 unspecified atom stereocenters. The van der Waals surface area contributed by atoms with E-state index in [2.05, 4.69) is 41.5 Å². The van der Waals surface area contributed by atoms with Crippen molar-refractivity contribution < 1.29 is 20.1 Å². The number of hydrogen-bond acceptors (Lipinski definition) is 4. The fourth-order valence-corrected chi connectivity index (χ4v) is 9.24. The van der Waals surface area contributed by atoms with Crippen LogP contribution >= 0.6 is 0 Å². The Bertz CT molecular complexity index is 878. The van der Waals surface area contributed by atoms with E-state index in [9.17, 15) is 20.1 Å². The lowest BCUT2D eigenvalue weighted by Crippen LogP contribution is -2.57. The van der Waals surface area contributed by atoms with Gasteiger partial charge in [-0.2, -0.15) is 0 Å². The van der Waals surface area contributed by atoms with E-state index in [1.807, 2.05) is 6.08 Å². The van der Waals surface area contributed by atoms with Crippen LogP contribution < -0.4 is 0 Å². The highest BCUT2D eigenvalue weighted by Gasteiger charge is 2.65. The van der Waals surface area contributed by atoms with E-state index in [0.717, 1.165) is 44.9 Å². The molecule has 0 bridgehead atoms. The monoisotopic (exact) mass is 472 g/mol. The number of ketones is 1. The first-order chi connectivity index (χ1) is 15.9. The van der Waals surface area contributed by atoms with Gasteiger partial charge in [0.2, 0.25) is 0 Å². The third kappa shape index (κ3) is 3.61. The Morgan fingerprint density at radius 3 is 2.38 bits per heavy atom. The predicted octanol–water partition coefficient (Wildman–Crippen LogP) is 5.60. The molecule has 0 amide bonds. The minimum Gasteiger partial charge on any atom is -0.393 e. The topological polar surface area (TPSA) is 77.8 Å². The summed E-state index contributed by atoms with van der Waals surface area (Å²) in [6.07, 6.45) is 10.4. The predicted molar refractivity (Wildman–Crippen MR) is 136 cm³/mol. The summed E-state index contributed by atoms with van der Waals surface area (Å²) < 4.78 is 0. The minimum atomic E-state index is -0.326. The molecule has 0 saturated heterocycles. The summed E-state index contributed by atoms with van der Waals surface area (Å²) in [6, 6.07) is 0. The van der Waals surface area contributed by atoms with Crippen LogP contribution in [0.4, 0.5) is 0 Å². The third-order valence-corrected chi connectivity index (χ3v) is 11.8. The molecular formula is C30H48O4. The molecule has 0 aromatic rings. The van der Waals surface area contributed by atoms with Crippen molar-refractivity contribution in [3.8, 4) is 0 Å². The maximum Gasteiger partial charge on any atom is 0.159 e. The highest BCUT2D eigenvalue weighted by molar-refractivity contribution is 5.99. The Morgan fingerprint density at radius 2 is 1.74 bits per heavy atom. The zero-order valence-electron chi connectivity index (χ0n) is 22.4. The van der Waals surface area contributed by atoms with Crippen LogP contribution in [0.25, 0.3) is 0 Å². The van der Waals surface area contributed by atoms with Crippen molar-refractivity contribution >= 4 is 5.78 Å². The van der Waals surface area contributed by atoms with Crippen molar-refractivity contribution in [1.82, 2.24) is 0 Å². The molecule has 2 fully saturated rings. The number of rotatable bonds is 6. The van der Waals surface area contributed by atoms with Crippen molar-refractivity contribution in [1.29, 1.82) is 0 Å². The molecule has 0 spiro atoms. The number of allylic oxidation sites excluding steroid dienone is 3. The average molecular weight is 473 g/mol. The lowest BCUT2D eigenvalue weighted by Gasteiger charge is -2.61. The van der Waals surface area contributed by atoms with Gasteiger partial charge in [0.05, 0.1) is 19.3 Å². The molecule has 4 aliphatic rings. The molecule has 4 aliphatic carbocycles. The second-order valence-electron chi connectivity index (χ2n) is 13.5. The Kier molecular flexibility index (Phi) is 6.80. The summed E-state index contributed by atoms with van der Waals surface area (Å²) in [5, 5.41) is 29.5. The van der Waals surface area contributed by atoms with E-state index in [-0.39, 0.29) is 46.9 Å². The van der Waals surface area contributed by atoms with Gasteiger partial charge in [0, 0.05) is 17.4 Å². The number of aliphatic hydroxyl groups excluding tert-OH is 3. The van der Waals surface area contributed by atoms with E-state index in [1.165, 1.54) is 17.6 Å². The molecule has 0 aromatic heterocycles. The molecule has 34 heavy (non-hydrogen) atoms. The van der Waals surface area contributed by atoms with E-state index in [0.29, 0.717) is 29.6 Å². The van der Waals surface area contributed by atoms with Crippen molar-refractivity contribution in [2.75, 3.05) is 13.2 Å². The standard InChI is InChI=1S/C30H48O4/c1-19(8-7-9-20(17-31)18-32)21-10-15-30(6)26-22(11-14-29(21,30)5)28(4)13-12-25(34)27(2,3)24(28)16-23(26)33/h9,19,21,24-25,31-32,34H,7-8,10-18H2,1-6H3/t19-,21-,24+,25+,28-,29-,30+/m1/s1. The summed E-state index contributed by atoms with van der Waals surface area (Å²) in [7, 11) is 0. The van der Waals surface area contributed by atoms with Gasteiger partial charge in [-0.25, -0.2) is 0 Å². The molecule has 4 rings (SSSR count). The number of carbonyl (C=O) groups excluding carboxylic acids is 1. The van der Waals surface area contributed by atoms with Gasteiger partial charge in [0.15, 0.2) is 5.78 Å². The molecule has 0 radical (unpaired) electrons. The van der Waals surface area contributed by atoms with E-state index >= 15 is 0 Å². The van der Waals surface area contributed by atoms with Crippen LogP contribution in [0.5, 0.6) is 0 Å². The third-order valence-electron chi connectivity index (χ3n) is 11.8. The van der Waals surface area contributed by atoms with Crippen molar-refractivity contribution in [2.24, 2.45) is 39.4 Å². The number of aliphatic hydroxyl groups is 3. The summed E-state index contributed by atoms with van der Waals surface area (Å²) in [5.41, 5.74) is 3.18. The van der Waals surface area contributed by atoms with Gasteiger partial charge in [-0.1, -0.05) is 53.2 Å². The highest BCUT2D eigenvalue weighted by atomic mass is 16.3. The van der Waals surface area contributed by atoms with Gasteiger partial charge in [0.1, 0.15) is 0 Å². The second-order valence-corrected chi connectivity index (χ2v) is 13.5. The lowest BCUT2D eigenvalue weighted by atomic mass is 9.43. The molecule has 0 heterocycles. The normalized spacial score (nSPS) is 42.0. The van der Waals surface area contributed by atoms with E-state index in [1.54, 1.807) is 0 Å². The fraction of sp³-hybridized carbons (Fsp3) is 0.833. The van der Waals surface area contributed by atoms with Crippen LogP contribution in [0.3, 0.4) is 0 Å². The first kappa shape index (κ1) is 26.1. The van der Waals surface area contributed by atoms with Crippen molar-refractivity contribution in [3.63, 3.8) is 0 Å². The van der Waals surface area contributed by atoms with Gasteiger partial charge in [-0.15, -0.1) is 0 Å². The van der Waals surface area contributed by atoms with E-state index in [4.69, 9.17) is 0 Å². The zero-order valence-corrected chi connectivity index (χ0v) is 22.4. The summed E-state index contributed by atoms with van der Waals surface area (Å²) in [4.78, 5) is 13.9. The first-order valence-electron chi connectivity index (χ1n) is 13.7. The molecular weight excluding hydrogens is 424 g/mol. The van der Waals surface area contributed by atoms with Crippen LogP contribution in [0.15, 0.2) is 22.8 Å². The van der Waals surface area contributed by atoms with Crippen LogP contribution in [0.1, 0.15) is 99.3 Å². The summed E-state index contributed by atoms with van der Waals surface area (Å²) >= 11 is 0. The van der Waals surface area contributed by atoms with Crippen LogP contribution in [-0.2, 0) is 4.79 Å². The van der Waals surface area contributed by atoms with Crippen LogP contribution in [0.2, 0.25) is 0 Å². The highest BCUT2D eigenvalue weighted by Crippen LogP contribution is 2.71. The SMILES string of the molecule is C[C@H](CCC=C(CO)CO)[C@H]1CC[C@@]2(C)C3=C(CC[C@]12C)[C@@]1(C)CC[C@H](O)C(C)(C)[C@@H]1CC3=O. The van der Waals surface area contributed by atoms with Gasteiger partial charge in [-0.3, -0.25) is 4.79 Å². The molecule has 2 saturated carbocycles. The van der Waals surface area contributed by atoms with Crippen molar-refractivity contribution in [2.45, 2.75) is 105 Å². The Morgan fingerprint density at radius 1 is 1.06 bits per heavy atom. The second kappa shape index (κ2) is 8.85. The van der Waals surface area contributed by atoms with E-state index < -0.39 is 0 Å².